The van der Waals surface area contributed by atoms with Gasteiger partial charge in [0, 0.05) is 5.54 Å². The summed E-state index contributed by atoms with van der Waals surface area (Å²) in [5.41, 5.74) is 0.410. The molecule has 0 radical (unpaired) electrons. The van der Waals surface area contributed by atoms with E-state index in [1.807, 2.05) is 0 Å². The third kappa shape index (κ3) is 1.74. The molecule has 0 spiro atoms. The molecule has 66 valence electrons. The molecular weight excluding hydrogens is 136 g/mol. The van der Waals surface area contributed by atoms with Crippen molar-refractivity contribution in [3.05, 3.63) is 0 Å². The van der Waals surface area contributed by atoms with Gasteiger partial charge in [-0.3, -0.25) is 0 Å². The van der Waals surface area contributed by atoms with Crippen LogP contribution in [0.25, 0.3) is 0 Å². The normalized spacial score (nSPS) is 24.8. The summed E-state index contributed by atoms with van der Waals surface area (Å²) in [5, 5.41) is 0. The molecule has 1 heterocycles. The summed E-state index contributed by atoms with van der Waals surface area (Å²) in [7, 11) is 4.56. The molecule has 1 fully saturated rings. The van der Waals surface area contributed by atoms with E-state index in [1.54, 1.807) is 0 Å². The van der Waals surface area contributed by atoms with Gasteiger partial charge in [-0.15, -0.1) is 0 Å². The van der Waals surface area contributed by atoms with Gasteiger partial charge in [-0.1, -0.05) is 6.92 Å². The highest BCUT2D eigenvalue weighted by molar-refractivity contribution is 4.79. The van der Waals surface area contributed by atoms with Crippen molar-refractivity contribution in [2.45, 2.75) is 32.7 Å². The highest BCUT2D eigenvalue weighted by Gasteiger charge is 2.41. The Morgan fingerprint density at radius 3 is 2.00 bits per heavy atom. The topological polar surface area (TPSA) is 3.24 Å². The van der Waals surface area contributed by atoms with Gasteiger partial charge in [-0.2, -0.15) is 0 Å². The van der Waals surface area contributed by atoms with Gasteiger partial charge in [-0.05, 0) is 20.3 Å². The molecule has 2 nitrogen and oxygen atoms in total. The number of quaternary nitrogens is 1. The molecule has 0 saturated carbocycles. The second-order valence-electron chi connectivity index (χ2n) is 4.92. The van der Waals surface area contributed by atoms with E-state index >= 15 is 0 Å². The largest absolute Gasteiger partial charge is 0.303 e. The zero-order valence-corrected chi connectivity index (χ0v) is 8.52. The van der Waals surface area contributed by atoms with E-state index < -0.39 is 0 Å². The van der Waals surface area contributed by atoms with Crippen LogP contribution in [0.5, 0.6) is 0 Å². The molecule has 0 aromatic carbocycles. The maximum absolute atomic E-state index is 2.55. The van der Waals surface area contributed by atoms with E-state index in [1.165, 1.54) is 19.8 Å². The van der Waals surface area contributed by atoms with E-state index in [0.29, 0.717) is 5.54 Å². The number of rotatable bonds is 2. The van der Waals surface area contributed by atoms with Crippen LogP contribution in [0.15, 0.2) is 0 Å². The molecule has 0 atom stereocenters. The van der Waals surface area contributed by atoms with E-state index in [0.717, 1.165) is 4.48 Å². The number of hydrogen-bond acceptors (Lipinski definition) is 1. The van der Waals surface area contributed by atoms with Gasteiger partial charge in [0.05, 0.1) is 14.1 Å². The zero-order chi connectivity index (χ0) is 8.70. The lowest BCUT2D eigenvalue weighted by molar-refractivity contribution is -0.965. The Labute approximate surface area is 70.4 Å². The molecule has 0 aromatic rings. The van der Waals surface area contributed by atoms with Crippen LogP contribution >= 0.6 is 0 Å². The third-order valence-electron chi connectivity index (χ3n) is 2.83. The molecule has 1 saturated heterocycles. The molecule has 0 bridgehead atoms. The third-order valence-corrected chi connectivity index (χ3v) is 2.83. The van der Waals surface area contributed by atoms with Crippen LogP contribution < -0.4 is 0 Å². The number of hydrogen-bond donors (Lipinski definition) is 0. The van der Waals surface area contributed by atoms with Crippen molar-refractivity contribution < 1.29 is 4.48 Å². The molecule has 11 heavy (non-hydrogen) atoms. The fraction of sp³-hybridized carbons (Fsp3) is 1.00. The summed E-state index contributed by atoms with van der Waals surface area (Å²) in [6, 6.07) is 0. The first-order valence-corrected chi connectivity index (χ1v) is 4.44. The molecule has 1 aliphatic rings. The Bertz CT molecular complexity index is 142. The van der Waals surface area contributed by atoms with Crippen LogP contribution in [0, 0.1) is 0 Å². The summed E-state index contributed by atoms with van der Waals surface area (Å²) >= 11 is 0. The van der Waals surface area contributed by atoms with Crippen molar-refractivity contribution in [1.29, 1.82) is 0 Å². The standard InChI is InChI=1S/C9H21N2/c1-6-9(2,3)10-7-11(4,5)8-10/h6-8H2,1-5H3/q+1. The van der Waals surface area contributed by atoms with E-state index in [-0.39, 0.29) is 0 Å². The molecule has 1 aliphatic heterocycles. The molecule has 1 rings (SSSR count). The molecule has 0 N–H and O–H groups in total. The first-order chi connectivity index (χ1) is 4.87. The van der Waals surface area contributed by atoms with Gasteiger partial charge >= 0.3 is 0 Å². The molecule has 0 aromatic heterocycles. The molecule has 0 unspecified atom stereocenters. The van der Waals surface area contributed by atoms with Gasteiger partial charge < -0.3 is 4.48 Å². The van der Waals surface area contributed by atoms with Gasteiger partial charge in [0.1, 0.15) is 13.3 Å². The lowest BCUT2D eigenvalue weighted by Gasteiger charge is -2.53. The van der Waals surface area contributed by atoms with E-state index in [4.69, 9.17) is 0 Å². The molecule has 0 amide bonds. The van der Waals surface area contributed by atoms with Crippen molar-refractivity contribution in [3.8, 4) is 0 Å². The fourth-order valence-corrected chi connectivity index (χ4v) is 1.49. The lowest BCUT2D eigenvalue weighted by atomic mass is 9.98. The Hall–Kier alpha value is -0.0800. The Morgan fingerprint density at radius 1 is 1.27 bits per heavy atom. The van der Waals surface area contributed by atoms with E-state index in [9.17, 15) is 0 Å². The first kappa shape index (κ1) is 9.01. The quantitative estimate of drug-likeness (QED) is 0.549. The Kier molecular flexibility index (Phi) is 2.01. The second-order valence-corrected chi connectivity index (χ2v) is 4.92. The average Bonchev–Trinajstić information content (AvgIpc) is 1.83. The van der Waals surface area contributed by atoms with Gasteiger partial charge in [0.15, 0.2) is 0 Å². The van der Waals surface area contributed by atoms with Gasteiger partial charge in [0.2, 0.25) is 0 Å². The van der Waals surface area contributed by atoms with Crippen molar-refractivity contribution in [2.24, 2.45) is 0 Å². The highest BCUT2D eigenvalue weighted by atomic mass is 15.6. The van der Waals surface area contributed by atoms with Crippen LogP contribution in [0.2, 0.25) is 0 Å². The molecule has 2 heteroatoms. The van der Waals surface area contributed by atoms with Crippen molar-refractivity contribution in [1.82, 2.24) is 4.90 Å². The van der Waals surface area contributed by atoms with Crippen LogP contribution in [0.4, 0.5) is 0 Å². The minimum Gasteiger partial charge on any atom is -0.303 e. The second kappa shape index (κ2) is 2.46. The van der Waals surface area contributed by atoms with Crippen LogP contribution in [-0.2, 0) is 0 Å². The van der Waals surface area contributed by atoms with Crippen LogP contribution in [-0.4, -0.2) is 42.4 Å². The number of nitrogens with zero attached hydrogens (tertiary/aromatic N) is 2. The Balaban J connectivity index is 2.43. The minimum absolute atomic E-state index is 0.410. The monoisotopic (exact) mass is 157 g/mol. The Morgan fingerprint density at radius 2 is 1.73 bits per heavy atom. The van der Waals surface area contributed by atoms with Gasteiger partial charge in [-0.25, -0.2) is 4.90 Å². The van der Waals surface area contributed by atoms with E-state index in [2.05, 4.69) is 39.8 Å². The summed E-state index contributed by atoms with van der Waals surface area (Å²) in [4.78, 5) is 2.55. The minimum atomic E-state index is 0.410. The maximum Gasteiger partial charge on any atom is 0.140 e. The molecular formula is C9H21N2+. The summed E-state index contributed by atoms with van der Waals surface area (Å²) in [6.45, 7) is 9.33. The lowest BCUT2D eigenvalue weighted by Crippen LogP contribution is -2.70. The average molecular weight is 157 g/mol. The first-order valence-electron chi connectivity index (χ1n) is 4.44. The summed E-state index contributed by atoms with van der Waals surface area (Å²) < 4.78 is 1.16. The highest BCUT2D eigenvalue weighted by Crippen LogP contribution is 2.27. The zero-order valence-electron chi connectivity index (χ0n) is 8.52. The van der Waals surface area contributed by atoms with Crippen molar-refractivity contribution >= 4 is 0 Å². The predicted molar refractivity (Wildman–Crippen MR) is 48.1 cm³/mol. The SMILES string of the molecule is CCC(C)(C)N1C[N+](C)(C)C1. The van der Waals surface area contributed by atoms with Crippen molar-refractivity contribution in [2.75, 3.05) is 27.4 Å². The van der Waals surface area contributed by atoms with Crippen molar-refractivity contribution in [3.63, 3.8) is 0 Å². The van der Waals surface area contributed by atoms with Crippen LogP contribution in [0.3, 0.4) is 0 Å². The molecule has 0 aliphatic carbocycles. The maximum atomic E-state index is 2.55. The predicted octanol–water partition coefficient (Wildman–Crippen LogP) is 1.48. The smallest absolute Gasteiger partial charge is 0.140 e. The summed E-state index contributed by atoms with van der Waals surface area (Å²) in [5.74, 6) is 0. The van der Waals surface area contributed by atoms with Crippen LogP contribution in [0.1, 0.15) is 27.2 Å². The fourth-order valence-electron chi connectivity index (χ4n) is 1.49. The summed E-state index contributed by atoms with van der Waals surface area (Å²) in [6.07, 6.45) is 1.24. The van der Waals surface area contributed by atoms with Gasteiger partial charge in [0.25, 0.3) is 0 Å².